The highest BCUT2D eigenvalue weighted by Crippen LogP contribution is 2.30. The topological polar surface area (TPSA) is 39.4 Å². The van der Waals surface area contributed by atoms with E-state index in [2.05, 4.69) is 0 Å². The molecule has 0 atom stereocenters. The molecule has 6 heteroatoms. The van der Waals surface area contributed by atoms with Gasteiger partial charge in [0.2, 0.25) is 0 Å². The van der Waals surface area contributed by atoms with E-state index < -0.39 is 17.4 Å². The third-order valence-corrected chi connectivity index (χ3v) is 4.09. The second-order valence-electron chi connectivity index (χ2n) is 5.79. The quantitative estimate of drug-likeness (QED) is 0.625. The highest BCUT2D eigenvalue weighted by molar-refractivity contribution is 5.83. The molecular weight excluding hydrogens is 333 g/mol. The van der Waals surface area contributed by atoms with Crippen LogP contribution in [0.1, 0.15) is 22.3 Å². The molecule has 130 valence electrons. The molecule has 1 aromatic heterocycles. The van der Waals surface area contributed by atoms with Crippen LogP contribution in [-0.4, -0.2) is 0 Å². The summed E-state index contributed by atoms with van der Waals surface area (Å²) in [5, 5.41) is 0.745. The minimum Gasteiger partial charge on any atom is -0.489 e. The molecule has 0 aliphatic carbocycles. The van der Waals surface area contributed by atoms with Gasteiger partial charge in [-0.05, 0) is 49.2 Å². The number of ether oxygens (including phenoxy) is 1. The minimum atomic E-state index is -4.39. The lowest BCUT2D eigenvalue weighted by atomic mass is 10.0. The summed E-state index contributed by atoms with van der Waals surface area (Å²) in [7, 11) is 0. The molecule has 3 nitrogen and oxygen atoms in total. The lowest BCUT2D eigenvalue weighted by Gasteiger charge is -2.11. The van der Waals surface area contributed by atoms with Gasteiger partial charge in [0.1, 0.15) is 17.9 Å². The molecule has 0 saturated heterocycles. The van der Waals surface area contributed by atoms with Gasteiger partial charge < -0.3 is 9.15 Å². The van der Waals surface area contributed by atoms with Gasteiger partial charge in [-0.2, -0.15) is 13.2 Å². The zero-order chi connectivity index (χ0) is 18.2. The Kier molecular flexibility index (Phi) is 4.29. The van der Waals surface area contributed by atoms with Crippen LogP contribution < -0.4 is 10.4 Å². The number of benzene rings is 2. The Hall–Kier alpha value is -2.76. The van der Waals surface area contributed by atoms with Crippen LogP contribution in [0, 0.1) is 13.8 Å². The third kappa shape index (κ3) is 3.52. The van der Waals surface area contributed by atoms with Crippen molar-refractivity contribution in [1.29, 1.82) is 0 Å². The van der Waals surface area contributed by atoms with Gasteiger partial charge in [0.25, 0.3) is 0 Å². The largest absolute Gasteiger partial charge is 0.489 e. The molecule has 0 bridgehead atoms. The first-order valence-electron chi connectivity index (χ1n) is 7.59. The summed E-state index contributed by atoms with van der Waals surface area (Å²) in [6.45, 7) is 3.83. The van der Waals surface area contributed by atoms with Gasteiger partial charge in [0.15, 0.2) is 0 Å². The van der Waals surface area contributed by atoms with Crippen LogP contribution in [0.25, 0.3) is 11.0 Å². The molecule has 25 heavy (non-hydrogen) atoms. The van der Waals surface area contributed by atoms with E-state index >= 15 is 0 Å². The Morgan fingerprint density at radius 2 is 1.72 bits per heavy atom. The molecule has 0 amide bonds. The maximum atomic E-state index is 12.6. The summed E-state index contributed by atoms with van der Waals surface area (Å²) in [5.74, 6) is 0.290. The highest BCUT2D eigenvalue weighted by Gasteiger charge is 2.30. The fraction of sp³-hybridized carbons (Fsp3) is 0.211. The Morgan fingerprint density at radius 1 is 1.04 bits per heavy atom. The number of fused-ring (bicyclic) bond motifs is 1. The monoisotopic (exact) mass is 348 g/mol. The van der Waals surface area contributed by atoms with Crippen LogP contribution in [-0.2, 0) is 12.8 Å². The molecule has 0 saturated carbocycles. The van der Waals surface area contributed by atoms with Gasteiger partial charge >= 0.3 is 11.8 Å². The third-order valence-electron chi connectivity index (χ3n) is 4.09. The van der Waals surface area contributed by atoms with Crippen LogP contribution in [0.15, 0.2) is 51.7 Å². The number of halogens is 3. The minimum absolute atomic E-state index is 0.0516. The fourth-order valence-corrected chi connectivity index (χ4v) is 2.55. The van der Waals surface area contributed by atoms with E-state index in [4.69, 9.17) is 9.15 Å². The molecule has 2 aromatic carbocycles. The molecule has 0 fully saturated rings. The summed E-state index contributed by atoms with van der Waals surface area (Å²) in [6, 6.07) is 9.52. The molecule has 0 aliphatic heterocycles. The van der Waals surface area contributed by atoms with Crippen LogP contribution in [0.3, 0.4) is 0 Å². The fourth-order valence-electron chi connectivity index (χ4n) is 2.55. The standard InChI is InChI=1S/C19H15F3O3/c1-11-3-8-16-13(9-17(23)25-18(16)12(11)2)10-24-15-6-4-14(5-7-15)19(20,21)22/h3-9H,10H2,1-2H3. The molecule has 0 unspecified atom stereocenters. The number of alkyl halides is 3. The lowest BCUT2D eigenvalue weighted by molar-refractivity contribution is -0.137. The van der Waals surface area contributed by atoms with Crippen molar-refractivity contribution < 1.29 is 22.3 Å². The zero-order valence-electron chi connectivity index (χ0n) is 13.6. The van der Waals surface area contributed by atoms with Gasteiger partial charge in [0.05, 0.1) is 5.56 Å². The molecule has 0 radical (unpaired) electrons. The molecule has 0 aliphatic rings. The van der Waals surface area contributed by atoms with Crippen LogP contribution in [0.2, 0.25) is 0 Å². The molecule has 0 spiro atoms. The Balaban J connectivity index is 1.89. The first kappa shape index (κ1) is 17.1. The van der Waals surface area contributed by atoms with Crippen molar-refractivity contribution in [1.82, 2.24) is 0 Å². The molecule has 0 N–H and O–H groups in total. The molecule has 3 rings (SSSR count). The maximum absolute atomic E-state index is 12.6. The number of rotatable bonds is 3. The van der Waals surface area contributed by atoms with E-state index in [-0.39, 0.29) is 6.61 Å². The summed E-state index contributed by atoms with van der Waals surface area (Å²) < 4.78 is 48.5. The van der Waals surface area contributed by atoms with E-state index in [0.717, 1.165) is 28.6 Å². The van der Waals surface area contributed by atoms with Gasteiger partial charge in [-0.1, -0.05) is 12.1 Å². The van der Waals surface area contributed by atoms with E-state index in [1.165, 1.54) is 18.2 Å². The van der Waals surface area contributed by atoms with Crippen molar-refractivity contribution in [2.75, 3.05) is 0 Å². The Labute approximate surface area is 141 Å². The van der Waals surface area contributed by atoms with Crippen molar-refractivity contribution in [3.8, 4) is 5.75 Å². The van der Waals surface area contributed by atoms with E-state index in [1.54, 1.807) is 0 Å². The molecule has 3 aromatic rings. The van der Waals surface area contributed by atoms with Gasteiger partial charge in [0, 0.05) is 17.0 Å². The molecular formula is C19H15F3O3. The van der Waals surface area contributed by atoms with Crippen LogP contribution in [0.4, 0.5) is 13.2 Å². The lowest BCUT2D eigenvalue weighted by Crippen LogP contribution is -2.06. The van der Waals surface area contributed by atoms with E-state index in [9.17, 15) is 18.0 Å². The average Bonchev–Trinajstić information content (AvgIpc) is 2.56. The van der Waals surface area contributed by atoms with E-state index in [1.807, 2.05) is 26.0 Å². The Bertz CT molecular complexity index is 970. The van der Waals surface area contributed by atoms with Crippen molar-refractivity contribution in [3.05, 3.63) is 75.1 Å². The summed E-state index contributed by atoms with van der Waals surface area (Å²) in [6.07, 6.45) is -4.39. The van der Waals surface area contributed by atoms with Crippen molar-refractivity contribution in [2.45, 2.75) is 26.6 Å². The normalized spacial score (nSPS) is 11.7. The zero-order valence-corrected chi connectivity index (χ0v) is 13.6. The summed E-state index contributed by atoms with van der Waals surface area (Å²) in [4.78, 5) is 11.8. The van der Waals surface area contributed by atoms with Crippen molar-refractivity contribution in [2.24, 2.45) is 0 Å². The maximum Gasteiger partial charge on any atom is 0.416 e. The van der Waals surface area contributed by atoms with Crippen LogP contribution in [0.5, 0.6) is 5.75 Å². The predicted molar refractivity (Wildman–Crippen MR) is 87.7 cm³/mol. The van der Waals surface area contributed by atoms with Crippen LogP contribution >= 0.6 is 0 Å². The highest BCUT2D eigenvalue weighted by atomic mass is 19.4. The van der Waals surface area contributed by atoms with Gasteiger partial charge in [-0.3, -0.25) is 0 Å². The summed E-state index contributed by atoms with van der Waals surface area (Å²) in [5.41, 5.74) is 1.75. The Morgan fingerprint density at radius 3 is 2.36 bits per heavy atom. The second kappa shape index (κ2) is 6.27. The summed E-state index contributed by atoms with van der Waals surface area (Å²) >= 11 is 0. The first-order valence-corrected chi connectivity index (χ1v) is 7.59. The van der Waals surface area contributed by atoms with E-state index in [0.29, 0.717) is 16.9 Å². The SMILES string of the molecule is Cc1ccc2c(COc3ccc(C(F)(F)F)cc3)cc(=O)oc2c1C. The van der Waals surface area contributed by atoms with Gasteiger partial charge in [-0.15, -0.1) is 0 Å². The van der Waals surface area contributed by atoms with Crippen molar-refractivity contribution >= 4 is 11.0 Å². The van der Waals surface area contributed by atoms with Crippen molar-refractivity contribution in [3.63, 3.8) is 0 Å². The second-order valence-corrected chi connectivity index (χ2v) is 5.79. The first-order chi connectivity index (χ1) is 11.8. The smallest absolute Gasteiger partial charge is 0.416 e. The number of hydrogen-bond donors (Lipinski definition) is 0. The predicted octanol–water partition coefficient (Wildman–Crippen LogP) is 5.01. The number of aryl methyl sites for hydroxylation is 2. The number of hydrogen-bond acceptors (Lipinski definition) is 3. The van der Waals surface area contributed by atoms with Gasteiger partial charge in [-0.25, -0.2) is 4.79 Å². The molecule has 1 heterocycles. The average molecular weight is 348 g/mol.